The van der Waals surface area contributed by atoms with Crippen molar-refractivity contribution >= 4 is 37.1 Å². The van der Waals surface area contributed by atoms with E-state index in [1.807, 2.05) is 6.07 Å². The van der Waals surface area contributed by atoms with E-state index in [-0.39, 0.29) is 4.21 Å². The van der Waals surface area contributed by atoms with Crippen molar-refractivity contribution in [2.75, 3.05) is 12.0 Å². The standard InChI is InChI=1S/C12H14N2O2S2/c1-18(15,16)12-10(13)8-6-7-4-2-3-5-9(7)14-11(8)17-12/h6H,2-5,13H2,1H3. The Labute approximate surface area is 110 Å². The van der Waals surface area contributed by atoms with Crippen LogP contribution in [0.2, 0.25) is 0 Å². The molecule has 0 radical (unpaired) electrons. The lowest BCUT2D eigenvalue weighted by Gasteiger charge is -2.14. The summed E-state index contributed by atoms with van der Waals surface area (Å²) in [4.78, 5) is 5.33. The number of rotatable bonds is 1. The molecule has 4 nitrogen and oxygen atoms in total. The molecule has 2 aromatic rings. The molecule has 0 unspecified atom stereocenters. The topological polar surface area (TPSA) is 73.0 Å². The number of sulfone groups is 1. The molecule has 0 fully saturated rings. The monoisotopic (exact) mass is 282 g/mol. The normalized spacial score (nSPS) is 15.8. The third kappa shape index (κ3) is 1.80. The Bertz CT molecular complexity index is 732. The number of aryl methyl sites for hydroxylation is 2. The molecule has 3 rings (SSSR count). The van der Waals surface area contributed by atoms with Gasteiger partial charge in [0.2, 0.25) is 0 Å². The Morgan fingerprint density at radius 2 is 2.06 bits per heavy atom. The summed E-state index contributed by atoms with van der Waals surface area (Å²) < 4.78 is 23.5. The van der Waals surface area contributed by atoms with Crippen molar-refractivity contribution in [2.45, 2.75) is 29.9 Å². The van der Waals surface area contributed by atoms with Gasteiger partial charge in [-0.3, -0.25) is 0 Å². The zero-order valence-corrected chi connectivity index (χ0v) is 11.7. The van der Waals surface area contributed by atoms with Crippen LogP contribution in [0.5, 0.6) is 0 Å². The molecule has 0 spiro atoms. The second-order valence-corrected chi connectivity index (χ2v) is 7.94. The maximum Gasteiger partial charge on any atom is 0.187 e. The van der Waals surface area contributed by atoms with Crippen LogP contribution in [0.3, 0.4) is 0 Å². The molecule has 2 N–H and O–H groups in total. The van der Waals surface area contributed by atoms with E-state index in [4.69, 9.17) is 5.73 Å². The van der Waals surface area contributed by atoms with Gasteiger partial charge >= 0.3 is 0 Å². The highest BCUT2D eigenvalue weighted by atomic mass is 32.2. The fourth-order valence-electron chi connectivity index (χ4n) is 2.41. The Morgan fingerprint density at radius 3 is 2.78 bits per heavy atom. The number of thiophene rings is 1. The lowest BCUT2D eigenvalue weighted by molar-refractivity contribution is 0.604. The number of anilines is 1. The fourth-order valence-corrected chi connectivity index (χ4v) is 4.60. The van der Waals surface area contributed by atoms with Crippen molar-refractivity contribution in [3.63, 3.8) is 0 Å². The third-order valence-electron chi connectivity index (χ3n) is 3.30. The van der Waals surface area contributed by atoms with Gasteiger partial charge in [-0.15, -0.1) is 11.3 Å². The Balaban J connectivity index is 2.31. The van der Waals surface area contributed by atoms with Crippen molar-refractivity contribution in [2.24, 2.45) is 0 Å². The van der Waals surface area contributed by atoms with Crippen molar-refractivity contribution < 1.29 is 8.42 Å². The minimum absolute atomic E-state index is 0.243. The molecule has 6 heteroatoms. The van der Waals surface area contributed by atoms with Gasteiger partial charge < -0.3 is 5.73 Å². The van der Waals surface area contributed by atoms with Crippen LogP contribution in [0.15, 0.2) is 10.3 Å². The van der Waals surface area contributed by atoms with Crippen LogP contribution < -0.4 is 5.73 Å². The first-order chi connectivity index (χ1) is 8.47. The van der Waals surface area contributed by atoms with Crippen molar-refractivity contribution in [1.29, 1.82) is 0 Å². The van der Waals surface area contributed by atoms with E-state index < -0.39 is 9.84 Å². The van der Waals surface area contributed by atoms with Crippen LogP contribution in [0.4, 0.5) is 5.69 Å². The number of aromatic nitrogens is 1. The van der Waals surface area contributed by atoms with Crippen LogP contribution in [0.25, 0.3) is 10.2 Å². The zero-order chi connectivity index (χ0) is 12.9. The lowest BCUT2D eigenvalue weighted by atomic mass is 9.95. The van der Waals surface area contributed by atoms with E-state index in [0.29, 0.717) is 5.69 Å². The van der Waals surface area contributed by atoms with Crippen LogP contribution in [-0.2, 0) is 22.7 Å². The van der Waals surface area contributed by atoms with Crippen LogP contribution in [0.1, 0.15) is 24.1 Å². The highest BCUT2D eigenvalue weighted by Gasteiger charge is 2.21. The molecule has 0 saturated carbocycles. The van der Waals surface area contributed by atoms with Crippen LogP contribution >= 0.6 is 11.3 Å². The molecule has 0 atom stereocenters. The summed E-state index contributed by atoms with van der Waals surface area (Å²) >= 11 is 1.18. The number of nitrogens with two attached hydrogens (primary N) is 1. The largest absolute Gasteiger partial charge is 0.396 e. The average Bonchev–Trinajstić information content (AvgIpc) is 2.64. The minimum atomic E-state index is -3.27. The first-order valence-corrected chi connectivity index (χ1v) is 8.58. The SMILES string of the molecule is CS(=O)(=O)c1sc2nc3c(cc2c1N)CCCC3. The molecule has 2 heterocycles. The summed E-state index contributed by atoms with van der Waals surface area (Å²) in [5.74, 6) is 0. The van der Waals surface area contributed by atoms with Gasteiger partial charge in [-0.25, -0.2) is 13.4 Å². The highest BCUT2D eigenvalue weighted by Crippen LogP contribution is 2.37. The summed E-state index contributed by atoms with van der Waals surface area (Å²) in [6.07, 6.45) is 5.52. The molecule has 0 bridgehead atoms. The van der Waals surface area contributed by atoms with Crippen LogP contribution in [-0.4, -0.2) is 19.7 Å². The Kier molecular flexibility index (Phi) is 2.60. The van der Waals surface area contributed by atoms with Crippen LogP contribution in [0, 0.1) is 0 Å². The lowest BCUT2D eigenvalue weighted by Crippen LogP contribution is -2.04. The first kappa shape index (κ1) is 11.9. The van der Waals surface area contributed by atoms with Gasteiger partial charge in [0.25, 0.3) is 0 Å². The number of hydrogen-bond donors (Lipinski definition) is 1. The maximum absolute atomic E-state index is 11.6. The number of fused-ring (bicyclic) bond motifs is 2. The second kappa shape index (κ2) is 3.93. The maximum atomic E-state index is 11.6. The predicted octanol–water partition coefficient (Wildman–Crippen LogP) is 2.16. The van der Waals surface area contributed by atoms with Crippen molar-refractivity contribution in [3.05, 3.63) is 17.3 Å². The van der Waals surface area contributed by atoms with Gasteiger partial charge in [-0.2, -0.15) is 0 Å². The molecular formula is C12H14N2O2S2. The summed E-state index contributed by atoms with van der Waals surface area (Å²) in [5, 5.41) is 0.793. The van der Waals surface area contributed by atoms with Gasteiger partial charge in [0.1, 0.15) is 9.04 Å². The van der Waals surface area contributed by atoms with Crippen molar-refractivity contribution in [1.82, 2.24) is 4.98 Å². The van der Waals surface area contributed by atoms with Gasteiger partial charge in [0, 0.05) is 17.3 Å². The molecular weight excluding hydrogens is 268 g/mol. The average molecular weight is 282 g/mol. The number of hydrogen-bond acceptors (Lipinski definition) is 5. The van der Waals surface area contributed by atoms with Gasteiger partial charge in [-0.1, -0.05) is 0 Å². The van der Waals surface area contributed by atoms with Gasteiger partial charge in [-0.05, 0) is 37.3 Å². The van der Waals surface area contributed by atoms with E-state index in [2.05, 4.69) is 4.98 Å². The highest BCUT2D eigenvalue weighted by molar-refractivity contribution is 7.93. The molecule has 2 aromatic heterocycles. The van der Waals surface area contributed by atoms with E-state index >= 15 is 0 Å². The summed E-state index contributed by atoms with van der Waals surface area (Å²) in [5.41, 5.74) is 8.64. The Hall–Kier alpha value is -1.14. The zero-order valence-electron chi connectivity index (χ0n) is 10.1. The summed E-state index contributed by atoms with van der Waals surface area (Å²) in [6.45, 7) is 0. The fraction of sp³-hybridized carbons (Fsp3) is 0.417. The molecule has 0 saturated heterocycles. The minimum Gasteiger partial charge on any atom is -0.396 e. The molecule has 96 valence electrons. The predicted molar refractivity (Wildman–Crippen MR) is 73.8 cm³/mol. The smallest absolute Gasteiger partial charge is 0.187 e. The number of nitrogen functional groups attached to an aromatic ring is 1. The van der Waals surface area contributed by atoms with E-state index in [1.165, 1.54) is 29.6 Å². The first-order valence-electron chi connectivity index (χ1n) is 5.87. The van der Waals surface area contributed by atoms with E-state index in [9.17, 15) is 8.42 Å². The Morgan fingerprint density at radius 1 is 1.33 bits per heavy atom. The van der Waals surface area contributed by atoms with Gasteiger partial charge in [0.05, 0.1) is 5.69 Å². The third-order valence-corrected chi connectivity index (χ3v) is 6.26. The second-order valence-electron chi connectivity index (χ2n) is 4.73. The van der Waals surface area contributed by atoms with Gasteiger partial charge in [0.15, 0.2) is 9.84 Å². The van der Waals surface area contributed by atoms with E-state index in [1.54, 1.807) is 0 Å². The molecule has 1 aliphatic rings. The summed E-state index contributed by atoms with van der Waals surface area (Å²) in [7, 11) is -3.27. The number of pyridine rings is 1. The molecule has 0 aromatic carbocycles. The summed E-state index contributed by atoms with van der Waals surface area (Å²) in [6, 6.07) is 2.03. The molecule has 0 amide bonds. The quantitative estimate of drug-likeness (QED) is 0.870. The number of nitrogens with zero attached hydrogens (tertiary/aromatic N) is 1. The van der Waals surface area contributed by atoms with E-state index in [0.717, 1.165) is 35.2 Å². The molecule has 18 heavy (non-hydrogen) atoms. The van der Waals surface area contributed by atoms with Crippen molar-refractivity contribution in [3.8, 4) is 0 Å². The molecule has 1 aliphatic carbocycles. The molecule has 0 aliphatic heterocycles.